The van der Waals surface area contributed by atoms with E-state index in [1.54, 1.807) is 0 Å². The number of hydrogen-bond donors (Lipinski definition) is 0. The monoisotopic (exact) mass is 708 g/mol. The summed E-state index contributed by atoms with van der Waals surface area (Å²) in [5.41, 5.74) is 0. The van der Waals surface area contributed by atoms with E-state index in [0.717, 1.165) is 0 Å². The quantitative estimate of drug-likeness (QED) is 0.173. The summed E-state index contributed by atoms with van der Waals surface area (Å²) in [6, 6.07) is 0. The molecule has 35 heavy (non-hydrogen) atoms. The molecule has 0 saturated heterocycles. The second-order valence-corrected chi connectivity index (χ2v) is 9.76. The summed E-state index contributed by atoms with van der Waals surface area (Å²) in [4.78, 5) is 0. The highest BCUT2D eigenvalue weighted by Gasteiger charge is 2.53. The van der Waals surface area contributed by atoms with Gasteiger partial charge >= 0.3 is 24.5 Å². The lowest BCUT2D eigenvalue weighted by molar-refractivity contribution is -0.273. The van der Waals surface area contributed by atoms with Crippen LogP contribution in [0.5, 0.6) is 0 Å². The van der Waals surface area contributed by atoms with Crippen molar-refractivity contribution in [2.24, 2.45) is 0 Å². The minimum Gasteiger partial charge on any atom is -0.269 e. The highest BCUT2D eigenvalue weighted by molar-refractivity contribution is 6.75. The minimum absolute atomic E-state index is 0. The van der Waals surface area contributed by atoms with Gasteiger partial charge in [-0.3, -0.25) is 14.1 Å². The van der Waals surface area contributed by atoms with Gasteiger partial charge in [0.15, 0.2) is 10.2 Å². The number of rotatable bonds is 0. The van der Waals surface area contributed by atoms with Gasteiger partial charge < -0.3 is 0 Å². The van der Waals surface area contributed by atoms with E-state index in [0.29, 0.717) is 0 Å². The van der Waals surface area contributed by atoms with Crippen LogP contribution in [-0.4, -0.2) is 37.7 Å². The smallest absolute Gasteiger partial charge is 0.269 e. The van der Waals surface area contributed by atoms with Crippen molar-refractivity contribution in [3.63, 3.8) is 0 Å². The molecule has 0 aromatic heterocycles. The molecule has 0 saturated carbocycles. The van der Waals surface area contributed by atoms with E-state index in [-0.39, 0.29) is 40.4 Å². The Bertz CT molecular complexity index is 425. The fourth-order valence-electron chi connectivity index (χ4n) is 0. The molecular weight excluding hydrogens is 696 g/mol. The Hall–Kier alpha value is 0.650. The molecule has 0 aliphatic carbocycles. The first kappa shape index (κ1) is 56.0. The van der Waals surface area contributed by atoms with Crippen molar-refractivity contribution in [1.29, 1.82) is 0 Å². The largest absolute Gasteiger partial charge is 0.452 e. The fraction of sp³-hybridized carbons (Fsp3) is 0.833. The van der Waals surface area contributed by atoms with Crippen molar-refractivity contribution < 1.29 is 71.2 Å². The van der Waals surface area contributed by atoms with Crippen LogP contribution >= 0.6 is 82.0 Å². The number of halogens is 23. The lowest BCUT2D eigenvalue weighted by Crippen LogP contribution is -2.32. The zero-order valence-electron chi connectivity index (χ0n) is 16.5. The molecule has 0 rings (SSSR count). The van der Waals surface area contributed by atoms with Gasteiger partial charge in [0.05, 0.1) is 0 Å². The molecule has 0 amide bonds. The summed E-state index contributed by atoms with van der Waals surface area (Å²) in [5, 5.41) is -3.59. The molecule has 0 aliphatic heterocycles. The molecule has 0 nitrogen and oxygen atoms in total. The van der Waals surface area contributed by atoms with Crippen LogP contribution in [0.3, 0.4) is 0 Å². The molecule has 0 heterocycles. The van der Waals surface area contributed by atoms with Crippen LogP contribution < -0.4 is 0 Å². The molecule has 0 spiro atoms. The van der Waals surface area contributed by atoms with E-state index in [1.807, 2.05) is 6.58 Å². The van der Waals surface area contributed by atoms with Gasteiger partial charge in [-0.2, -0.15) is 48.3 Å². The molecule has 0 fully saturated rings. The van der Waals surface area contributed by atoms with Gasteiger partial charge in [0.25, 0.3) is 5.13 Å². The Morgan fingerprint density at radius 2 is 0.686 bits per heavy atom. The van der Waals surface area contributed by atoms with E-state index in [9.17, 15) is 57.1 Å². The summed E-state index contributed by atoms with van der Waals surface area (Å²) >= 11 is 30.8. The first-order valence-electron chi connectivity index (χ1n) is 6.44. The van der Waals surface area contributed by atoms with Crippen LogP contribution in [0.25, 0.3) is 0 Å². The van der Waals surface area contributed by atoms with E-state index < -0.39 is 43.5 Å². The average Bonchev–Trinajstić information content (AvgIpc) is 2.31. The summed E-state index contributed by atoms with van der Waals surface area (Å²) in [5.74, 6) is -6.82. The molecule has 23 heteroatoms. The van der Waals surface area contributed by atoms with Gasteiger partial charge in [0.1, 0.15) is 0 Å². The third kappa shape index (κ3) is 32.6. The Labute approximate surface area is 223 Å². The molecule has 0 aromatic rings. The average molecular weight is 711 g/mol. The van der Waals surface area contributed by atoms with E-state index >= 15 is 0 Å². The highest BCUT2D eigenvalue weighted by Crippen LogP contribution is 2.45. The Kier molecular flexibility index (Phi) is 30.1. The van der Waals surface area contributed by atoms with Crippen LogP contribution in [0.15, 0.2) is 12.4 Å². The van der Waals surface area contributed by atoms with Gasteiger partial charge in [-0.05, 0) is 13.8 Å². The van der Waals surface area contributed by atoms with Crippen LogP contribution in [0, 0.1) is 0 Å². The van der Waals surface area contributed by atoms with Crippen molar-refractivity contribution in [2.75, 3.05) is 0 Å². The minimum atomic E-state index is -5.40. The van der Waals surface area contributed by atoms with Crippen LogP contribution in [-0.2, 0) is 0 Å². The van der Waals surface area contributed by atoms with Crippen molar-refractivity contribution in [3.8, 4) is 0 Å². The summed E-state index contributed by atoms with van der Waals surface area (Å²) in [6.45, 7) is 3.50. The maximum Gasteiger partial charge on any atom is 0.452 e. The van der Waals surface area contributed by atoms with Gasteiger partial charge in [0.2, 0.25) is 3.79 Å². The highest BCUT2D eigenvalue weighted by atomic mass is 35.6. The Morgan fingerprint density at radius 3 is 0.686 bits per heavy atom. The van der Waals surface area contributed by atoms with Crippen molar-refractivity contribution in [2.45, 2.75) is 58.5 Å². The van der Waals surface area contributed by atoms with Crippen LogP contribution in [0.2, 0.25) is 0 Å². The van der Waals surface area contributed by atoms with Crippen LogP contribution in [0.4, 0.5) is 71.2 Å². The van der Waals surface area contributed by atoms with Crippen molar-refractivity contribution in [1.82, 2.24) is 0 Å². The maximum atomic E-state index is 11.5. The number of hydrogen-bond acceptors (Lipinski definition) is 0. The third-order valence-electron chi connectivity index (χ3n) is 1.80. The molecule has 1 atom stereocenters. The molecule has 0 bridgehead atoms. The van der Waals surface area contributed by atoms with Gasteiger partial charge in [0, 0.05) is 6.92 Å². The predicted molar refractivity (Wildman–Crippen MR) is 110 cm³/mol. The van der Waals surface area contributed by atoms with E-state index in [4.69, 9.17) is 58.0 Å². The zero-order chi connectivity index (χ0) is 27.1. The molecular formula is C12H15Cl7F16. The van der Waals surface area contributed by atoms with E-state index in [1.165, 1.54) is 6.92 Å². The molecule has 224 valence electrons. The second kappa shape index (κ2) is 18.8. The van der Waals surface area contributed by atoms with Crippen LogP contribution in [0.1, 0.15) is 20.8 Å². The SMILES string of the molecule is C=C(F)C(F)(F)F.CC(Cl)(Cl)C(Cl)(Cl)Cl.CC(F)(Cl)C(F)(F)F.CC(F)(F)C(F)(F)F.Cl.F.F.F. The molecule has 0 aromatic carbocycles. The summed E-state index contributed by atoms with van der Waals surface area (Å²) in [6.07, 6.45) is -15.2. The van der Waals surface area contributed by atoms with Crippen molar-refractivity contribution in [3.05, 3.63) is 12.4 Å². The van der Waals surface area contributed by atoms with Gasteiger partial charge in [-0.25, -0.2) is 8.78 Å². The maximum absolute atomic E-state index is 11.5. The van der Waals surface area contributed by atoms with Gasteiger partial charge in [-0.1, -0.05) is 76.2 Å². The molecule has 1 unspecified atom stereocenters. The summed E-state index contributed by atoms with van der Waals surface area (Å²) in [7, 11) is 0. The lowest BCUT2D eigenvalue weighted by Gasteiger charge is -2.21. The third-order valence-corrected chi connectivity index (χ3v) is 4.30. The molecule has 0 N–H and O–H groups in total. The molecule has 0 aliphatic rings. The topological polar surface area (TPSA) is 0 Å². The molecule has 0 radical (unpaired) electrons. The van der Waals surface area contributed by atoms with E-state index in [2.05, 4.69) is 11.6 Å². The zero-order valence-corrected chi connectivity index (χ0v) is 21.9. The van der Waals surface area contributed by atoms with Gasteiger partial charge in [-0.15, -0.1) is 12.4 Å². The first-order valence-corrected chi connectivity index (χ1v) is 8.71. The Morgan fingerprint density at radius 1 is 0.571 bits per heavy atom. The first-order chi connectivity index (χ1) is 12.7. The second-order valence-electron chi connectivity index (χ2n) is 5.06. The number of alkyl halides is 18. The van der Waals surface area contributed by atoms with Crippen molar-refractivity contribution >= 4 is 82.0 Å². The summed E-state index contributed by atoms with van der Waals surface area (Å²) < 4.78 is 139. The standard InChI is InChI=1S/C3H3Cl5.C3H3ClF4.C3H3F5.C3H2F4.ClH.3FH/c3*1-2(4,5)3(6,7)8;1-2(4)3(5,6)7;;;;/h3*1H3;1H2;4*1H. The predicted octanol–water partition coefficient (Wildman–Crippen LogP) is 11.1. The normalized spacial score (nSPS) is 13.4. The lowest BCUT2D eigenvalue weighted by atomic mass is 10.4. The number of allylic oxidation sites excluding steroid dienone is 1. The Balaban J connectivity index is -0.0000000446. The fourth-order valence-corrected chi connectivity index (χ4v) is 0.